The fraction of sp³-hybridized carbons (Fsp3) is 0.455. The van der Waals surface area contributed by atoms with Crippen molar-refractivity contribution in [3.8, 4) is 0 Å². The predicted octanol–water partition coefficient (Wildman–Crippen LogP) is 1.03. The second-order valence-electron chi connectivity index (χ2n) is 8.35. The highest BCUT2D eigenvalue weighted by molar-refractivity contribution is 5.89. The zero-order valence-corrected chi connectivity index (χ0v) is 17.4. The number of aromatic nitrogens is 2. The lowest BCUT2D eigenvalue weighted by Gasteiger charge is -2.20. The van der Waals surface area contributed by atoms with Crippen molar-refractivity contribution < 1.29 is 14.0 Å². The van der Waals surface area contributed by atoms with E-state index >= 15 is 0 Å². The number of halogens is 1. The Morgan fingerprint density at radius 3 is 2.87 bits per heavy atom. The molecule has 1 aliphatic heterocycles. The van der Waals surface area contributed by atoms with E-state index < -0.39 is 6.04 Å². The van der Waals surface area contributed by atoms with Crippen molar-refractivity contribution in [3.05, 3.63) is 53.1 Å². The van der Waals surface area contributed by atoms with Gasteiger partial charge >= 0.3 is 0 Å². The molecule has 0 spiro atoms. The molecule has 1 aromatic carbocycles. The summed E-state index contributed by atoms with van der Waals surface area (Å²) in [6, 6.07) is 5.27. The lowest BCUT2D eigenvalue weighted by atomic mass is 9.96. The molecule has 2 amide bonds. The maximum atomic E-state index is 13.1. The second-order valence-corrected chi connectivity index (χ2v) is 8.35. The van der Waals surface area contributed by atoms with Crippen molar-refractivity contribution in [3.63, 3.8) is 0 Å². The van der Waals surface area contributed by atoms with Crippen molar-refractivity contribution in [2.24, 2.45) is 5.92 Å². The van der Waals surface area contributed by atoms with Crippen LogP contribution in [0.15, 0.2) is 30.5 Å². The van der Waals surface area contributed by atoms with E-state index in [9.17, 15) is 14.0 Å². The topological polar surface area (TPSA) is 122 Å². The first kappa shape index (κ1) is 21.2. The van der Waals surface area contributed by atoms with Crippen LogP contribution in [0.25, 0.3) is 0 Å². The number of benzene rings is 1. The molecule has 0 bridgehead atoms. The minimum Gasteiger partial charge on any atom is -0.368 e. The standard InChI is InChI=1S/C22H27FN6O2/c1-12(20(30)28-17-6-7-18-16(17)11-26-22(24)29-18)27-21(31)19-9-14(10-25-19)8-13-2-4-15(23)5-3-13/h2-5,11-12,14,17,19,25H,6-10H2,1H3,(H,27,31)(H,28,30)(H2,24,26,29)/t12-,14-,17-,19+/m0/s1. The predicted molar refractivity (Wildman–Crippen MR) is 113 cm³/mol. The lowest BCUT2D eigenvalue weighted by Crippen LogP contribution is -2.50. The Kier molecular flexibility index (Phi) is 6.13. The Bertz CT molecular complexity index is 967. The fourth-order valence-electron chi connectivity index (χ4n) is 4.31. The van der Waals surface area contributed by atoms with Gasteiger partial charge in [-0.05, 0) is 62.8 Å². The molecule has 8 nitrogen and oxygen atoms in total. The van der Waals surface area contributed by atoms with Gasteiger partial charge in [-0.25, -0.2) is 14.4 Å². The van der Waals surface area contributed by atoms with E-state index in [0.717, 1.165) is 36.1 Å². The summed E-state index contributed by atoms with van der Waals surface area (Å²) in [5.41, 5.74) is 8.40. The van der Waals surface area contributed by atoms with E-state index in [0.29, 0.717) is 13.0 Å². The van der Waals surface area contributed by atoms with E-state index in [1.807, 2.05) is 0 Å². The third-order valence-electron chi connectivity index (χ3n) is 6.01. The Hall–Kier alpha value is -3.07. The molecule has 4 rings (SSSR count). The highest BCUT2D eigenvalue weighted by Gasteiger charge is 2.32. The number of hydrogen-bond acceptors (Lipinski definition) is 6. The van der Waals surface area contributed by atoms with E-state index in [1.54, 1.807) is 25.3 Å². The summed E-state index contributed by atoms with van der Waals surface area (Å²) in [5.74, 6) is -0.174. The number of nitrogens with one attached hydrogen (secondary N) is 3. The van der Waals surface area contributed by atoms with Gasteiger partial charge in [-0.1, -0.05) is 12.1 Å². The number of hydrogen-bond donors (Lipinski definition) is 4. The summed E-state index contributed by atoms with van der Waals surface area (Å²) in [6.45, 7) is 2.38. The molecular weight excluding hydrogens is 399 g/mol. The van der Waals surface area contributed by atoms with Crippen LogP contribution in [0.4, 0.5) is 10.3 Å². The molecule has 164 valence electrons. The van der Waals surface area contributed by atoms with Crippen molar-refractivity contribution >= 4 is 17.8 Å². The number of amides is 2. The van der Waals surface area contributed by atoms with E-state index in [-0.39, 0.29) is 41.6 Å². The molecule has 4 atom stereocenters. The number of carbonyl (C=O) groups excluding carboxylic acids is 2. The number of rotatable bonds is 6. The van der Waals surface area contributed by atoms with E-state index in [2.05, 4.69) is 25.9 Å². The molecule has 0 radical (unpaired) electrons. The van der Waals surface area contributed by atoms with Crippen LogP contribution in [-0.4, -0.2) is 40.4 Å². The number of aryl methyl sites for hydroxylation is 1. The first-order chi connectivity index (χ1) is 14.9. The number of nitrogens with zero attached hydrogens (tertiary/aromatic N) is 2. The summed E-state index contributed by atoms with van der Waals surface area (Å²) < 4.78 is 13.1. The van der Waals surface area contributed by atoms with Gasteiger partial charge in [0.2, 0.25) is 17.8 Å². The number of carbonyl (C=O) groups is 2. The molecule has 0 unspecified atom stereocenters. The molecule has 31 heavy (non-hydrogen) atoms. The number of nitrogen functional groups attached to an aromatic ring is 1. The van der Waals surface area contributed by atoms with E-state index in [4.69, 9.17) is 5.73 Å². The SMILES string of the molecule is C[C@H](NC(=O)[C@H]1C[C@H](Cc2ccc(F)cc2)CN1)C(=O)N[C@H]1CCc2nc(N)ncc21. The number of anilines is 1. The first-order valence-electron chi connectivity index (χ1n) is 10.6. The van der Waals surface area contributed by atoms with Crippen LogP contribution in [0.3, 0.4) is 0 Å². The summed E-state index contributed by atoms with van der Waals surface area (Å²) >= 11 is 0. The molecule has 2 heterocycles. The average Bonchev–Trinajstić information content (AvgIpc) is 3.36. The quantitative estimate of drug-likeness (QED) is 0.547. The van der Waals surface area contributed by atoms with Crippen LogP contribution in [-0.2, 0) is 22.4 Å². The van der Waals surface area contributed by atoms with Gasteiger partial charge < -0.3 is 21.7 Å². The molecule has 2 aliphatic rings. The summed E-state index contributed by atoms with van der Waals surface area (Å²) in [4.78, 5) is 33.5. The van der Waals surface area contributed by atoms with Crippen molar-refractivity contribution in [1.29, 1.82) is 0 Å². The van der Waals surface area contributed by atoms with Crippen LogP contribution >= 0.6 is 0 Å². The van der Waals surface area contributed by atoms with Gasteiger partial charge in [0.05, 0.1) is 17.8 Å². The Morgan fingerprint density at radius 1 is 1.32 bits per heavy atom. The first-order valence-corrected chi connectivity index (χ1v) is 10.6. The zero-order chi connectivity index (χ0) is 22.0. The molecule has 5 N–H and O–H groups in total. The third kappa shape index (κ3) is 4.99. The Morgan fingerprint density at radius 2 is 2.10 bits per heavy atom. The lowest BCUT2D eigenvalue weighted by molar-refractivity contribution is -0.129. The highest BCUT2D eigenvalue weighted by atomic mass is 19.1. The van der Waals surface area contributed by atoms with Gasteiger partial charge in [0, 0.05) is 11.8 Å². The third-order valence-corrected chi connectivity index (χ3v) is 6.01. The zero-order valence-electron chi connectivity index (χ0n) is 17.4. The number of fused-ring (bicyclic) bond motifs is 1. The minimum absolute atomic E-state index is 0.174. The molecule has 1 aliphatic carbocycles. The smallest absolute Gasteiger partial charge is 0.242 e. The fourth-order valence-corrected chi connectivity index (χ4v) is 4.31. The molecular formula is C22H27FN6O2. The van der Waals surface area contributed by atoms with Gasteiger partial charge in [0.15, 0.2) is 0 Å². The van der Waals surface area contributed by atoms with Gasteiger partial charge in [-0.15, -0.1) is 0 Å². The van der Waals surface area contributed by atoms with Gasteiger partial charge in [-0.2, -0.15) is 0 Å². The van der Waals surface area contributed by atoms with E-state index in [1.165, 1.54) is 12.1 Å². The molecule has 1 fully saturated rings. The molecule has 9 heteroatoms. The van der Waals surface area contributed by atoms with Gasteiger partial charge in [0.1, 0.15) is 11.9 Å². The van der Waals surface area contributed by atoms with Crippen LogP contribution in [0.5, 0.6) is 0 Å². The van der Waals surface area contributed by atoms with Crippen LogP contribution in [0.1, 0.15) is 42.6 Å². The maximum Gasteiger partial charge on any atom is 0.242 e. The van der Waals surface area contributed by atoms with Crippen molar-refractivity contribution in [2.45, 2.75) is 50.7 Å². The monoisotopic (exact) mass is 426 g/mol. The second kappa shape index (κ2) is 8.97. The summed E-state index contributed by atoms with van der Waals surface area (Å²) in [7, 11) is 0. The molecule has 1 aromatic heterocycles. The number of nitrogens with two attached hydrogens (primary N) is 1. The normalized spacial score (nSPS) is 23.2. The maximum absolute atomic E-state index is 13.1. The van der Waals surface area contributed by atoms with Crippen LogP contribution in [0.2, 0.25) is 0 Å². The molecule has 2 aromatic rings. The summed E-state index contributed by atoms with van der Waals surface area (Å²) in [5, 5.41) is 9.00. The molecule has 0 saturated carbocycles. The van der Waals surface area contributed by atoms with Gasteiger partial charge in [-0.3, -0.25) is 9.59 Å². The van der Waals surface area contributed by atoms with Crippen molar-refractivity contribution in [2.75, 3.05) is 12.3 Å². The summed E-state index contributed by atoms with van der Waals surface area (Å²) in [6.07, 6.45) is 4.57. The Labute approximate surface area is 180 Å². The van der Waals surface area contributed by atoms with Gasteiger partial charge in [0.25, 0.3) is 0 Å². The van der Waals surface area contributed by atoms with Crippen molar-refractivity contribution in [1.82, 2.24) is 25.9 Å². The average molecular weight is 426 g/mol. The van der Waals surface area contributed by atoms with Crippen LogP contribution < -0.4 is 21.7 Å². The molecule has 1 saturated heterocycles. The minimum atomic E-state index is -0.663. The Balaban J connectivity index is 1.26. The largest absolute Gasteiger partial charge is 0.368 e. The highest BCUT2D eigenvalue weighted by Crippen LogP contribution is 2.29. The van der Waals surface area contributed by atoms with Crippen LogP contribution in [0, 0.1) is 11.7 Å².